The van der Waals surface area contributed by atoms with Crippen molar-refractivity contribution < 1.29 is 9.13 Å². The molecule has 2 aromatic rings. The summed E-state index contributed by atoms with van der Waals surface area (Å²) < 4.78 is 18.6. The number of halogens is 2. The van der Waals surface area contributed by atoms with Crippen molar-refractivity contribution in [1.29, 1.82) is 0 Å². The molecule has 0 N–H and O–H groups in total. The summed E-state index contributed by atoms with van der Waals surface area (Å²) >= 11 is 6.16. The largest absolute Gasteiger partial charge is 0.491 e. The number of benzene rings is 1. The fourth-order valence-corrected chi connectivity index (χ4v) is 2.74. The maximum absolute atomic E-state index is 12.9. The van der Waals surface area contributed by atoms with Crippen LogP contribution in [0.2, 0.25) is 5.02 Å². The lowest BCUT2D eigenvalue weighted by atomic mass is 10.2. The zero-order chi connectivity index (χ0) is 14.7. The highest BCUT2D eigenvalue weighted by atomic mass is 35.5. The SMILES string of the molecule is Fc1ccc(OC[C@@H]2CCCN2c2ncncc2Cl)cc1. The van der Waals surface area contributed by atoms with Crippen LogP contribution in [0.15, 0.2) is 36.8 Å². The van der Waals surface area contributed by atoms with Gasteiger partial charge >= 0.3 is 0 Å². The molecule has 0 radical (unpaired) electrons. The van der Waals surface area contributed by atoms with E-state index in [0.717, 1.165) is 25.2 Å². The summed E-state index contributed by atoms with van der Waals surface area (Å²) in [5.41, 5.74) is 0. The van der Waals surface area contributed by atoms with Crippen molar-refractivity contribution in [3.63, 3.8) is 0 Å². The van der Waals surface area contributed by atoms with Gasteiger partial charge in [0.2, 0.25) is 0 Å². The van der Waals surface area contributed by atoms with Crippen LogP contribution in [-0.2, 0) is 0 Å². The molecule has 110 valence electrons. The van der Waals surface area contributed by atoms with Crippen molar-refractivity contribution in [2.75, 3.05) is 18.1 Å². The first kappa shape index (κ1) is 14.1. The highest BCUT2D eigenvalue weighted by Gasteiger charge is 2.27. The predicted molar refractivity (Wildman–Crippen MR) is 79.3 cm³/mol. The second-order valence-electron chi connectivity index (χ2n) is 4.95. The molecule has 1 fully saturated rings. The molecule has 6 heteroatoms. The van der Waals surface area contributed by atoms with Crippen LogP contribution in [0.1, 0.15) is 12.8 Å². The van der Waals surface area contributed by atoms with Crippen LogP contribution in [0.4, 0.5) is 10.2 Å². The standard InChI is InChI=1S/C15H15ClFN3O/c16-14-8-18-10-19-15(14)20-7-1-2-12(20)9-21-13-5-3-11(17)4-6-13/h3-6,8,10,12H,1-2,7,9H2/t12-/m0/s1. The quantitative estimate of drug-likeness (QED) is 0.868. The molecule has 1 saturated heterocycles. The average molecular weight is 308 g/mol. The highest BCUT2D eigenvalue weighted by molar-refractivity contribution is 6.32. The molecular weight excluding hydrogens is 293 g/mol. The van der Waals surface area contributed by atoms with E-state index < -0.39 is 0 Å². The van der Waals surface area contributed by atoms with Crippen molar-refractivity contribution in [3.05, 3.63) is 47.6 Å². The third-order valence-corrected chi connectivity index (χ3v) is 3.82. The van der Waals surface area contributed by atoms with Crippen molar-refractivity contribution in [3.8, 4) is 5.75 Å². The Morgan fingerprint density at radius 2 is 2.14 bits per heavy atom. The van der Waals surface area contributed by atoms with Crippen LogP contribution < -0.4 is 9.64 Å². The molecule has 0 aliphatic carbocycles. The molecule has 0 amide bonds. The van der Waals surface area contributed by atoms with Gasteiger partial charge in [-0.15, -0.1) is 0 Å². The summed E-state index contributed by atoms with van der Waals surface area (Å²) in [5.74, 6) is 1.14. The molecule has 3 rings (SSSR count). The Kier molecular flexibility index (Phi) is 4.20. The van der Waals surface area contributed by atoms with Gasteiger partial charge in [0.05, 0.1) is 12.2 Å². The Balaban J connectivity index is 1.67. The zero-order valence-corrected chi connectivity index (χ0v) is 12.1. The van der Waals surface area contributed by atoms with Crippen LogP contribution in [0.5, 0.6) is 5.75 Å². The van der Waals surface area contributed by atoms with Crippen LogP contribution in [0, 0.1) is 5.82 Å². The van der Waals surface area contributed by atoms with E-state index in [4.69, 9.17) is 16.3 Å². The first-order valence-electron chi connectivity index (χ1n) is 6.84. The van der Waals surface area contributed by atoms with Crippen LogP contribution >= 0.6 is 11.6 Å². The maximum Gasteiger partial charge on any atom is 0.151 e. The molecule has 1 atom stereocenters. The van der Waals surface area contributed by atoms with Crippen LogP contribution in [-0.4, -0.2) is 29.2 Å². The Bertz CT molecular complexity index is 608. The smallest absolute Gasteiger partial charge is 0.151 e. The summed E-state index contributed by atoms with van der Waals surface area (Å²) in [4.78, 5) is 10.3. The van der Waals surface area contributed by atoms with Gasteiger partial charge in [-0.05, 0) is 37.1 Å². The molecular formula is C15H15ClFN3O. The molecule has 0 spiro atoms. The molecule has 1 aromatic carbocycles. The average Bonchev–Trinajstić information content (AvgIpc) is 2.95. The Morgan fingerprint density at radius 1 is 1.33 bits per heavy atom. The van der Waals surface area contributed by atoms with Crippen molar-refractivity contribution in [2.24, 2.45) is 0 Å². The Morgan fingerprint density at radius 3 is 2.90 bits per heavy atom. The normalized spacial score (nSPS) is 18.0. The number of ether oxygens (including phenoxy) is 1. The topological polar surface area (TPSA) is 38.2 Å². The van der Waals surface area contributed by atoms with Gasteiger partial charge < -0.3 is 9.64 Å². The monoisotopic (exact) mass is 307 g/mol. The molecule has 0 unspecified atom stereocenters. The summed E-state index contributed by atoms with van der Waals surface area (Å²) in [6.45, 7) is 1.42. The van der Waals surface area contributed by atoms with Crippen molar-refractivity contribution in [2.45, 2.75) is 18.9 Å². The van der Waals surface area contributed by atoms with E-state index in [1.165, 1.54) is 18.5 Å². The Labute approximate surface area is 127 Å². The van der Waals surface area contributed by atoms with E-state index in [2.05, 4.69) is 14.9 Å². The van der Waals surface area contributed by atoms with Crippen LogP contribution in [0.3, 0.4) is 0 Å². The van der Waals surface area contributed by atoms with Gasteiger partial charge in [0.1, 0.15) is 29.5 Å². The second kappa shape index (κ2) is 6.26. The first-order chi connectivity index (χ1) is 10.2. The van der Waals surface area contributed by atoms with E-state index in [0.29, 0.717) is 17.4 Å². The zero-order valence-electron chi connectivity index (χ0n) is 11.4. The van der Waals surface area contributed by atoms with E-state index in [-0.39, 0.29) is 11.9 Å². The number of aromatic nitrogens is 2. The minimum atomic E-state index is -0.266. The number of nitrogens with zero attached hydrogens (tertiary/aromatic N) is 3. The molecule has 1 aliphatic heterocycles. The van der Waals surface area contributed by atoms with E-state index in [1.807, 2.05) is 0 Å². The van der Waals surface area contributed by atoms with E-state index in [9.17, 15) is 4.39 Å². The highest BCUT2D eigenvalue weighted by Crippen LogP contribution is 2.29. The maximum atomic E-state index is 12.9. The molecule has 21 heavy (non-hydrogen) atoms. The van der Waals surface area contributed by atoms with Gasteiger partial charge in [-0.2, -0.15) is 0 Å². The minimum Gasteiger partial charge on any atom is -0.491 e. The van der Waals surface area contributed by atoms with E-state index >= 15 is 0 Å². The van der Waals surface area contributed by atoms with Crippen LogP contribution in [0.25, 0.3) is 0 Å². The third-order valence-electron chi connectivity index (χ3n) is 3.55. The van der Waals surface area contributed by atoms with Gasteiger partial charge in [0.15, 0.2) is 5.82 Å². The van der Waals surface area contributed by atoms with Gasteiger partial charge in [0.25, 0.3) is 0 Å². The van der Waals surface area contributed by atoms with Gasteiger partial charge in [-0.3, -0.25) is 0 Å². The van der Waals surface area contributed by atoms with Crippen molar-refractivity contribution >= 4 is 17.4 Å². The van der Waals surface area contributed by atoms with E-state index in [1.54, 1.807) is 18.3 Å². The Hall–Kier alpha value is -1.88. The third kappa shape index (κ3) is 3.24. The second-order valence-corrected chi connectivity index (χ2v) is 5.36. The summed E-state index contributed by atoms with van der Waals surface area (Å²) in [6, 6.07) is 6.26. The first-order valence-corrected chi connectivity index (χ1v) is 7.22. The molecule has 2 heterocycles. The molecule has 1 aliphatic rings. The molecule has 0 saturated carbocycles. The lowest BCUT2D eigenvalue weighted by Crippen LogP contribution is -2.35. The fraction of sp³-hybridized carbons (Fsp3) is 0.333. The van der Waals surface area contributed by atoms with Gasteiger partial charge in [-0.1, -0.05) is 11.6 Å². The predicted octanol–water partition coefficient (Wildman–Crippen LogP) is 3.32. The summed E-state index contributed by atoms with van der Waals surface area (Å²) in [7, 11) is 0. The molecule has 4 nitrogen and oxygen atoms in total. The minimum absolute atomic E-state index is 0.211. The molecule has 1 aromatic heterocycles. The number of hydrogen-bond acceptors (Lipinski definition) is 4. The number of hydrogen-bond donors (Lipinski definition) is 0. The lowest BCUT2D eigenvalue weighted by molar-refractivity contribution is 0.288. The van der Waals surface area contributed by atoms with Gasteiger partial charge in [0, 0.05) is 6.54 Å². The molecule has 0 bridgehead atoms. The van der Waals surface area contributed by atoms with Crippen molar-refractivity contribution in [1.82, 2.24) is 9.97 Å². The summed E-state index contributed by atoms with van der Waals surface area (Å²) in [6.07, 6.45) is 5.18. The number of rotatable bonds is 4. The number of anilines is 1. The fourth-order valence-electron chi connectivity index (χ4n) is 2.53. The van der Waals surface area contributed by atoms with Gasteiger partial charge in [-0.25, -0.2) is 14.4 Å². The summed E-state index contributed by atoms with van der Waals surface area (Å²) in [5, 5.41) is 0.547. The lowest BCUT2D eigenvalue weighted by Gasteiger charge is -2.26.